The van der Waals surface area contributed by atoms with Crippen molar-refractivity contribution in [1.29, 1.82) is 0 Å². The number of aryl methyl sites for hydroxylation is 1. The fourth-order valence-electron chi connectivity index (χ4n) is 2.88. The first-order valence-electron chi connectivity index (χ1n) is 7.08. The van der Waals surface area contributed by atoms with E-state index in [0.29, 0.717) is 6.54 Å². The van der Waals surface area contributed by atoms with Crippen LogP contribution in [0.4, 0.5) is 0 Å². The second-order valence-corrected chi connectivity index (χ2v) is 6.29. The highest BCUT2D eigenvalue weighted by Gasteiger charge is 2.44. The monoisotopic (exact) mass is 282 g/mol. The van der Waals surface area contributed by atoms with Crippen LogP contribution in [0.2, 0.25) is 0 Å². The summed E-state index contributed by atoms with van der Waals surface area (Å²) in [6, 6.07) is 9.76. The van der Waals surface area contributed by atoms with Gasteiger partial charge in [-0.3, -0.25) is 19.5 Å². The first-order valence-corrected chi connectivity index (χ1v) is 7.08. The van der Waals surface area contributed by atoms with Crippen molar-refractivity contribution < 1.29 is 9.59 Å². The summed E-state index contributed by atoms with van der Waals surface area (Å²) < 4.78 is 0. The Morgan fingerprint density at radius 1 is 1.24 bits per heavy atom. The van der Waals surface area contributed by atoms with Gasteiger partial charge in [-0.1, -0.05) is 32.0 Å². The van der Waals surface area contributed by atoms with Crippen molar-refractivity contribution in [3.8, 4) is 0 Å². The average molecular weight is 282 g/mol. The molecule has 3 rings (SSSR count). The summed E-state index contributed by atoms with van der Waals surface area (Å²) in [6.07, 6.45) is 0.286. The van der Waals surface area contributed by atoms with Crippen LogP contribution in [0, 0.1) is 12.3 Å². The number of para-hydroxylation sites is 1. The van der Waals surface area contributed by atoms with Gasteiger partial charge < -0.3 is 0 Å². The number of aromatic nitrogens is 1. The Morgan fingerprint density at radius 2 is 1.95 bits per heavy atom. The van der Waals surface area contributed by atoms with Crippen molar-refractivity contribution in [2.45, 2.75) is 33.7 Å². The number of amides is 2. The van der Waals surface area contributed by atoms with Gasteiger partial charge in [0.1, 0.15) is 0 Å². The van der Waals surface area contributed by atoms with E-state index in [1.807, 2.05) is 51.1 Å². The molecule has 1 fully saturated rings. The number of hydrogen-bond donors (Lipinski definition) is 0. The van der Waals surface area contributed by atoms with Gasteiger partial charge in [0, 0.05) is 17.5 Å². The van der Waals surface area contributed by atoms with E-state index in [9.17, 15) is 9.59 Å². The largest absolute Gasteiger partial charge is 0.278 e. The second-order valence-electron chi connectivity index (χ2n) is 6.29. The van der Waals surface area contributed by atoms with Crippen LogP contribution < -0.4 is 0 Å². The summed E-state index contributed by atoms with van der Waals surface area (Å²) in [5, 5.41) is 0.994. The number of benzene rings is 1. The smallest absolute Gasteiger partial charge is 0.235 e. The van der Waals surface area contributed by atoms with E-state index in [2.05, 4.69) is 4.98 Å². The Morgan fingerprint density at radius 3 is 2.62 bits per heavy atom. The molecular weight excluding hydrogens is 264 g/mol. The third kappa shape index (κ3) is 2.31. The number of pyridine rings is 1. The second kappa shape index (κ2) is 4.65. The van der Waals surface area contributed by atoms with Gasteiger partial charge in [-0.25, -0.2) is 0 Å². The summed E-state index contributed by atoms with van der Waals surface area (Å²) in [7, 11) is 0. The van der Waals surface area contributed by atoms with Gasteiger partial charge in [-0.05, 0) is 24.6 Å². The highest BCUT2D eigenvalue weighted by Crippen LogP contribution is 2.33. The fourth-order valence-corrected chi connectivity index (χ4v) is 2.88. The lowest BCUT2D eigenvalue weighted by Crippen LogP contribution is -2.32. The Kier molecular flexibility index (Phi) is 3.04. The van der Waals surface area contributed by atoms with Gasteiger partial charge in [-0.15, -0.1) is 0 Å². The molecule has 0 aliphatic carbocycles. The Hall–Kier alpha value is -2.23. The molecule has 108 valence electrons. The SMILES string of the molecule is Cc1cc(CN2C(=O)CC(C)(C)C2=O)c2ccccc2n1. The molecule has 0 atom stereocenters. The molecule has 21 heavy (non-hydrogen) atoms. The number of carbonyl (C=O) groups is 2. The zero-order valence-electron chi connectivity index (χ0n) is 12.5. The average Bonchev–Trinajstić information content (AvgIpc) is 2.60. The first-order chi connectivity index (χ1) is 9.88. The van der Waals surface area contributed by atoms with Gasteiger partial charge in [0.25, 0.3) is 0 Å². The molecule has 4 heteroatoms. The van der Waals surface area contributed by atoms with Crippen LogP contribution in [-0.2, 0) is 16.1 Å². The molecule has 0 saturated carbocycles. The molecule has 1 aliphatic heterocycles. The standard InChI is InChI=1S/C17H18N2O2/c1-11-8-12(13-6-4-5-7-14(13)18-11)10-19-15(20)9-17(2,3)16(19)21/h4-8H,9-10H2,1-3H3. The predicted octanol–water partition coefficient (Wildman–Crippen LogP) is 2.83. The molecule has 0 radical (unpaired) electrons. The normalized spacial score (nSPS) is 17.8. The lowest BCUT2D eigenvalue weighted by Gasteiger charge is -2.19. The van der Waals surface area contributed by atoms with Gasteiger partial charge in [-0.2, -0.15) is 0 Å². The number of imide groups is 1. The number of likely N-dealkylation sites (tertiary alicyclic amines) is 1. The molecule has 1 aromatic carbocycles. The van der Waals surface area contributed by atoms with Gasteiger partial charge in [0.2, 0.25) is 11.8 Å². The highest BCUT2D eigenvalue weighted by atomic mass is 16.2. The molecule has 0 bridgehead atoms. The molecule has 2 aromatic rings. The van der Waals surface area contributed by atoms with E-state index < -0.39 is 5.41 Å². The maximum absolute atomic E-state index is 12.4. The number of hydrogen-bond acceptors (Lipinski definition) is 3. The Balaban J connectivity index is 2.03. The van der Waals surface area contributed by atoms with Crippen LogP contribution in [0.5, 0.6) is 0 Å². The predicted molar refractivity (Wildman–Crippen MR) is 80.4 cm³/mol. The molecule has 0 N–H and O–H groups in total. The third-order valence-corrected chi connectivity index (χ3v) is 3.98. The maximum atomic E-state index is 12.4. The molecule has 2 amide bonds. The topological polar surface area (TPSA) is 50.3 Å². The minimum atomic E-state index is -0.588. The minimum Gasteiger partial charge on any atom is -0.278 e. The van der Waals surface area contributed by atoms with Crippen molar-refractivity contribution in [2.75, 3.05) is 0 Å². The van der Waals surface area contributed by atoms with E-state index in [1.54, 1.807) is 0 Å². The van der Waals surface area contributed by atoms with E-state index in [-0.39, 0.29) is 18.2 Å². The third-order valence-electron chi connectivity index (χ3n) is 3.98. The Labute approximate surface area is 123 Å². The lowest BCUT2D eigenvalue weighted by molar-refractivity contribution is -0.141. The zero-order valence-corrected chi connectivity index (χ0v) is 12.5. The molecule has 1 saturated heterocycles. The van der Waals surface area contributed by atoms with E-state index in [0.717, 1.165) is 22.2 Å². The number of carbonyl (C=O) groups excluding carboxylic acids is 2. The van der Waals surface area contributed by atoms with Crippen molar-refractivity contribution in [3.05, 3.63) is 41.6 Å². The van der Waals surface area contributed by atoms with Gasteiger partial charge >= 0.3 is 0 Å². The molecule has 0 unspecified atom stereocenters. The summed E-state index contributed by atoms with van der Waals surface area (Å²) in [6.45, 7) is 5.89. The van der Waals surface area contributed by atoms with Gasteiger partial charge in [0.15, 0.2) is 0 Å². The molecular formula is C17H18N2O2. The summed E-state index contributed by atoms with van der Waals surface area (Å²) in [5.41, 5.74) is 2.17. The molecule has 0 spiro atoms. The van der Waals surface area contributed by atoms with Crippen molar-refractivity contribution >= 4 is 22.7 Å². The van der Waals surface area contributed by atoms with Crippen LogP contribution in [-0.4, -0.2) is 21.7 Å². The van der Waals surface area contributed by atoms with Crippen LogP contribution in [0.1, 0.15) is 31.5 Å². The molecule has 4 nitrogen and oxygen atoms in total. The number of nitrogens with zero attached hydrogens (tertiary/aromatic N) is 2. The van der Waals surface area contributed by atoms with Crippen LogP contribution in [0.15, 0.2) is 30.3 Å². The number of rotatable bonds is 2. The van der Waals surface area contributed by atoms with Crippen LogP contribution >= 0.6 is 0 Å². The molecule has 1 aromatic heterocycles. The van der Waals surface area contributed by atoms with Crippen LogP contribution in [0.25, 0.3) is 10.9 Å². The van der Waals surface area contributed by atoms with Gasteiger partial charge in [0.05, 0.1) is 17.5 Å². The summed E-state index contributed by atoms with van der Waals surface area (Å²) >= 11 is 0. The fraction of sp³-hybridized carbons (Fsp3) is 0.353. The highest BCUT2D eigenvalue weighted by molar-refractivity contribution is 6.05. The minimum absolute atomic E-state index is 0.0916. The van der Waals surface area contributed by atoms with Crippen LogP contribution in [0.3, 0.4) is 0 Å². The summed E-state index contributed by atoms with van der Waals surface area (Å²) in [5.74, 6) is -0.186. The van der Waals surface area contributed by atoms with Crippen molar-refractivity contribution in [2.24, 2.45) is 5.41 Å². The maximum Gasteiger partial charge on any atom is 0.235 e. The lowest BCUT2D eigenvalue weighted by atomic mass is 9.92. The quantitative estimate of drug-likeness (QED) is 0.796. The number of fused-ring (bicyclic) bond motifs is 1. The van der Waals surface area contributed by atoms with Crippen molar-refractivity contribution in [1.82, 2.24) is 9.88 Å². The Bertz CT molecular complexity index is 750. The molecule has 2 heterocycles. The van der Waals surface area contributed by atoms with E-state index in [1.165, 1.54) is 4.90 Å². The first kappa shape index (κ1) is 13.7. The van der Waals surface area contributed by atoms with E-state index >= 15 is 0 Å². The van der Waals surface area contributed by atoms with Crippen molar-refractivity contribution in [3.63, 3.8) is 0 Å². The summed E-state index contributed by atoms with van der Waals surface area (Å²) in [4.78, 5) is 30.3. The molecule has 1 aliphatic rings. The zero-order chi connectivity index (χ0) is 15.2. The van der Waals surface area contributed by atoms with E-state index in [4.69, 9.17) is 0 Å².